The molecule has 2 N–H and O–H groups in total. The van der Waals surface area contributed by atoms with Crippen molar-refractivity contribution in [2.75, 3.05) is 19.6 Å². The minimum atomic E-state index is -0.531. The Labute approximate surface area is 243 Å². The highest BCUT2D eigenvalue weighted by atomic mass is 16.2. The zero-order valence-corrected chi connectivity index (χ0v) is 23.7. The van der Waals surface area contributed by atoms with Gasteiger partial charge in [0.15, 0.2) is 0 Å². The first-order chi connectivity index (χ1) is 20.5. The van der Waals surface area contributed by atoms with E-state index < -0.39 is 12.1 Å². The van der Waals surface area contributed by atoms with E-state index in [1.807, 2.05) is 37.3 Å². The van der Waals surface area contributed by atoms with Gasteiger partial charge in [0.1, 0.15) is 28.7 Å². The topological polar surface area (TPSA) is 142 Å². The van der Waals surface area contributed by atoms with Crippen LogP contribution in [0.4, 0.5) is 0 Å². The van der Waals surface area contributed by atoms with Gasteiger partial charge in [-0.3, -0.25) is 14.4 Å². The quantitative estimate of drug-likeness (QED) is 0.386. The Kier molecular flexibility index (Phi) is 7.93. The first-order valence-corrected chi connectivity index (χ1v) is 14.6. The Morgan fingerprint density at radius 3 is 2.64 bits per heavy atom. The minimum Gasteiger partial charge on any atom is -0.344 e. The SMILES string of the molecule is Cc1nc2n(n1)CCN(C(=O)c1ccc3n[nH]nc3c1)CCCC(=O)N1CCCC[C@H]1C(=O)N[C@@H]2Cc1ccccc1. The van der Waals surface area contributed by atoms with Gasteiger partial charge in [-0.05, 0) is 62.8 Å². The molecule has 0 unspecified atom stereocenters. The van der Waals surface area contributed by atoms with Gasteiger partial charge in [0.25, 0.3) is 5.91 Å². The predicted octanol–water partition coefficient (Wildman–Crippen LogP) is 2.58. The maximum Gasteiger partial charge on any atom is 0.253 e. The predicted molar refractivity (Wildman–Crippen MR) is 154 cm³/mol. The van der Waals surface area contributed by atoms with Crippen LogP contribution in [0.1, 0.15) is 65.7 Å². The first kappa shape index (κ1) is 27.6. The molecule has 1 fully saturated rings. The van der Waals surface area contributed by atoms with Crippen molar-refractivity contribution in [1.29, 1.82) is 0 Å². The number of benzene rings is 2. The van der Waals surface area contributed by atoms with E-state index in [9.17, 15) is 14.4 Å². The standard InChI is InChI=1S/C30H35N9O3/c1-20-31-28-25(18-21-8-3-2-4-9-21)32-29(41)26-10-5-6-15-38(26)27(40)11-7-14-37(16-17-39(28)35-20)30(42)22-12-13-23-24(19-22)34-36-33-23/h2-4,8-9,12-13,19,25-26H,5-7,10-11,14-18H2,1H3,(H,32,41)(H,33,34,36)/t25-,26+/m1/s1. The van der Waals surface area contributed by atoms with Crippen molar-refractivity contribution in [2.24, 2.45) is 0 Å². The first-order valence-electron chi connectivity index (χ1n) is 14.6. The largest absolute Gasteiger partial charge is 0.344 e. The van der Waals surface area contributed by atoms with E-state index in [0.717, 1.165) is 18.4 Å². The number of piperidine rings is 1. The number of nitrogens with zero attached hydrogens (tertiary/aromatic N) is 7. The molecule has 2 aromatic carbocycles. The molecule has 42 heavy (non-hydrogen) atoms. The average Bonchev–Trinajstić information content (AvgIpc) is 3.63. The number of hydrogen-bond acceptors (Lipinski definition) is 7. The Morgan fingerprint density at radius 1 is 0.952 bits per heavy atom. The minimum absolute atomic E-state index is 0.0538. The molecular formula is C30H35N9O3. The number of amides is 3. The molecular weight excluding hydrogens is 534 g/mol. The van der Waals surface area contributed by atoms with Crippen molar-refractivity contribution in [3.63, 3.8) is 0 Å². The van der Waals surface area contributed by atoms with Crippen molar-refractivity contribution in [1.82, 2.24) is 45.3 Å². The fourth-order valence-electron chi connectivity index (χ4n) is 5.97. The summed E-state index contributed by atoms with van der Waals surface area (Å²) in [6, 6.07) is 14.2. The smallest absolute Gasteiger partial charge is 0.253 e. The van der Waals surface area contributed by atoms with Gasteiger partial charge in [-0.15, -0.1) is 0 Å². The van der Waals surface area contributed by atoms with Crippen LogP contribution in [-0.2, 0) is 22.6 Å². The lowest BCUT2D eigenvalue weighted by molar-refractivity contribution is -0.142. The lowest BCUT2D eigenvalue weighted by atomic mass is 9.99. The summed E-state index contributed by atoms with van der Waals surface area (Å²) in [6.07, 6.45) is 3.64. The molecule has 3 amide bonds. The maximum atomic E-state index is 13.8. The van der Waals surface area contributed by atoms with Gasteiger partial charge in [0.2, 0.25) is 11.8 Å². The number of nitrogens with one attached hydrogen (secondary N) is 2. The van der Waals surface area contributed by atoms with Crippen molar-refractivity contribution in [2.45, 2.75) is 64.1 Å². The van der Waals surface area contributed by atoms with Gasteiger partial charge in [-0.2, -0.15) is 20.5 Å². The molecule has 0 spiro atoms. The van der Waals surface area contributed by atoms with Gasteiger partial charge in [0.05, 0.1) is 12.6 Å². The van der Waals surface area contributed by atoms with Crippen molar-refractivity contribution >= 4 is 28.8 Å². The number of rotatable bonds is 3. The number of hydrogen-bond donors (Lipinski definition) is 2. The van der Waals surface area contributed by atoms with Crippen LogP contribution in [0.25, 0.3) is 11.0 Å². The molecule has 0 aliphatic carbocycles. The third-order valence-corrected chi connectivity index (χ3v) is 8.09. The van der Waals surface area contributed by atoms with Crippen LogP contribution in [0.5, 0.6) is 0 Å². The molecule has 0 saturated carbocycles. The molecule has 218 valence electrons. The molecule has 4 aromatic rings. The van der Waals surface area contributed by atoms with Crippen LogP contribution in [0, 0.1) is 6.92 Å². The summed E-state index contributed by atoms with van der Waals surface area (Å²) in [5.41, 5.74) is 2.85. The Balaban J connectivity index is 1.34. The molecule has 12 nitrogen and oxygen atoms in total. The van der Waals surface area contributed by atoms with Crippen LogP contribution >= 0.6 is 0 Å². The van der Waals surface area contributed by atoms with Gasteiger partial charge in [0, 0.05) is 31.6 Å². The van der Waals surface area contributed by atoms with Crippen LogP contribution in [0.15, 0.2) is 48.5 Å². The zero-order valence-electron chi connectivity index (χ0n) is 23.7. The maximum absolute atomic E-state index is 13.8. The third-order valence-electron chi connectivity index (χ3n) is 8.09. The van der Waals surface area contributed by atoms with Crippen LogP contribution in [-0.4, -0.2) is 83.4 Å². The number of fused-ring (bicyclic) bond motifs is 3. The van der Waals surface area contributed by atoms with E-state index in [1.54, 1.807) is 32.7 Å². The summed E-state index contributed by atoms with van der Waals surface area (Å²) in [5.74, 6) is 0.857. The van der Waals surface area contributed by atoms with Gasteiger partial charge in [-0.25, -0.2) is 9.67 Å². The van der Waals surface area contributed by atoms with Crippen LogP contribution in [0.2, 0.25) is 0 Å². The Morgan fingerprint density at radius 2 is 1.79 bits per heavy atom. The highest BCUT2D eigenvalue weighted by Gasteiger charge is 2.34. The highest BCUT2D eigenvalue weighted by Crippen LogP contribution is 2.23. The lowest BCUT2D eigenvalue weighted by Gasteiger charge is -2.36. The van der Waals surface area contributed by atoms with Gasteiger partial charge >= 0.3 is 0 Å². The number of aromatic nitrogens is 6. The fourth-order valence-corrected chi connectivity index (χ4v) is 5.97. The normalized spacial score (nSPS) is 20.5. The number of H-pyrrole nitrogens is 1. The van der Waals surface area contributed by atoms with E-state index in [-0.39, 0.29) is 24.1 Å². The molecule has 12 heteroatoms. The molecule has 0 bridgehead atoms. The van der Waals surface area contributed by atoms with Crippen molar-refractivity contribution in [3.8, 4) is 0 Å². The van der Waals surface area contributed by atoms with Crippen LogP contribution < -0.4 is 5.32 Å². The molecule has 2 aromatic heterocycles. The van der Waals surface area contributed by atoms with E-state index >= 15 is 0 Å². The van der Waals surface area contributed by atoms with E-state index in [4.69, 9.17) is 4.98 Å². The number of carbonyl (C=O) groups excluding carboxylic acids is 3. The average molecular weight is 570 g/mol. The molecule has 4 heterocycles. The summed E-state index contributed by atoms with van der Waals surface area (Å²) < 4.78 is 1.81. The van der Waals surface area contributed by atoms with E-state index in [1.165, 1.54) is 0 Å². The number of aromatic amines is 1. The molecule has 0 radical (unpaired) electrons. The monoisotopic (exact) mass is 569 g/mol. The zero-order chi connectivity index (χ0) is 29.1. The number of carbonyl (C=O) groups is 3. The second-order valence-electron chi connectivity index (χ2n) is 11.0. The second-order valence-corrected chi connectivity index (χ2v) is 11.0. The summed E-state index contributed by atoms with van der Waals surface area (Å²) in [7, 11) is 0. The summed E-state index contributed by atoms with van der Waals surface area (Å²) in [6.45, 7) is 3.52. The molecule has 2 atom stereocenters. The molecule has 2 aliphatic heterocycles. The highest BCUT2D eigenvalue weighted by molar-refractivity contribution is 5.97. The van der Waals surface area contributed by atoms with Crippen molar-refractivity contribution in [3.05, 3.63) is 71.3 Å². The molecule has 6 rings (SSSR count). The van der Waals surface area contributed by atoms with E-state index in [2.05, 4.69) is 25.8 Å². The lowest BCUT2D eigenvalue weighted by Crippen LogP contribution is -2.53. The summed E-state index contributed by atoms with van der Waals surface area (Å²) in [5, 5.41) is 18.7. The fraction of sp³-hybridized carbons (Fsp3) is 0.433. The van der Waals surface area contributed by atoms with Crippen LogP contribution in [0.3, 0.4) is 0 Å². The van der Waals surface area contributed by atoms with Crippen molar-refractivity contribution < 1.29 is 14.4 Å². The van der Waals surface area contributed by atoms with E-state index in [0.29, 0.717) is 73.7 Å². The molecule has 2 aliphatic rings. The Bertz CT molecular complexity index is 1580. The second kappa shape index (κ2) is 12.1. The van der Waals surface area contributed by atoms with Gasteiger partial charge < -0.3 is 15.1 Å². The third kappa shape index (κ3) is 5.88. The summed E-state index contributed by atoms with van der Waals surface area (Å²) >= 11 is 0. The molecule has 1 saturated heterocycles. The van der Waals surface area contributed by atoms with Gasteiger partial charge in [-0.1, -0.05) is 30.3 Å². The number of aryl methyl sites for hydroxylation is 1. The Hall–Kier alpha value is -4.61. The summed E-state index contributed by atoms with van der Waals surface area (Å²) in [4.78, 5) is 49.1.